The molecular formula is C48H29N3. The van der Waals surface area contributed by atoms with Gasteiger partial charge in [-0.05, 0) is 62.0 Å². The van der Waals surface area contributed by atoms with E-state index < -0.39 is 0 Å². The number of rotatable bonds is 3. The van der Waals surface area contributed by atoms with E-state index in [0.717, 1.165) is 33.4 Å². The molecule has 0 amide bonds. The summed E-state index contributed by atoms with van der Waals surface area (Å²) in [4.78, 5) is 10.3. The molecule has 236 valence electrons. The van der Waals surface area contributed by atoms with Crippen LogP contribution in [0.2, 0.25) is 0 Å². The van der Waals surface area contributed by atoms with Crippen LogP contribution in [-0.2, 0) is 0 Å². The summed E-state index contributed by atoms with van der Waals surface area (Å²) in [6.45, 7) is 0. The molecule has 0 N–H and O–H groups in total. The van der Waals surface area contributed by atoms with Crippen molar-refractivity contribution in [3.63, 3.8) is 0 Å². The van der Waals surface area contributed by atoms with Gasteiger partial charge in [0.15, 0.2) is 5.82 Å². The van der Waals surface area contributed by atoms with Gasteiger partial charge < -0.3 is 4.57 Å². The number of fused-ring (bicyclic) bond motifs is 13. The SMILES string of the molecule is c1ccc(-c2nc(-c3cccc(-n4c5ccccc5c5ccc6c7c8ccccc8ccc7c7ccccc7c6c54)c3)nc3ccccc23)cc1. The van der Waals surface area contributed by atoms with Crippen molar-refractivity contribution in [2.45, 2.75) is 0 Å². The molecular weight excluding hydrogens is 619 g/mol. The van der Waals surface area contributed by atoms with Gasteiger partial charge in [0, 0.05) is 38.4 Å². The predicted octanol–water partition coefficient (Wildman–Crippen LogP) is 12.7. The van der Waals surface area contributed by atoms with Crippen LogP contribution < -0.4 is 0 Å². The van der Waals surface area contributed by atoms with Crippen molar-refractivity contribution in [1.29, 1.82) is 0 Å². The Morgan fingerprint density at radius 3 is 1.90 bits per heavy atom. The maximum Gasteiger partial charge on any atom is 0.160 e. The van der Waals surface area contributed by atoms with E-state index in [1.807, 2.05) is 12.1 Å². The summed E-state index contributed by atoms with van der Waals surface area (Å²) < 4.78 is 2.46. The van der Waals surface area contributed by atoms with Crippen LogP contribution >= 0.6 is 0 Å². The molecule has 0 bridgehead atoms. The van der Waals surface area contributed by atoms with E-state index in [-0.39, 0.29) is 0 Å². The highest BCUT2D eigenvalue weighted by molar-refractivity contribution is 6.37. The number of para-hydroxylation sites is 2. The van der Waals surface area contributed by atoms with E-state index in [1.165, 1.54) is 64.9 Å². The lowest BCUT2D eigenvalue weighted by atomic mass is 9.90. The van der Waals surface area contributed by atoms with Crippen molar-refractivity contribution in [2.75, 3.05) is 0 Å². The van der Waals surface area contributed by atoms with Crippen LogP contribution in [-0.4, -0.2) is 14.5 Å². The van der Waals surface area contributed by atoms with Crippen molar-refractivity contribution in [2.24, 2.45) is 0 Å². The predicted molar refractivity (Wildman–Crippen MR) is 215 cm³/mol. The first kappa shape index (κ1) is 28.0. The standard InChI is InChI=1S/C48H29N3/c1-2-14-31(15-3-1)46-40-22-8-10-23-42(40)49-48(50-46)32-16-12-17-33(29-32)51-43-24-11-9-20-36(43)39-27-28-41-44-34-18-5-4-13-30(34)25-26-38(44)35-19-6-7-21-37(35)45(41)47(39)51/h1-29H. The molecule has 0 unspecified atom stereocenters. The van der Waals surface area contributed by atoms with Gasteiger partial charge in [-0.2, -0.15) is 0 Å². The summed E-state index contributed by atoms with van der Waals surface area (Å²) in [5.74, 6) is 0.711. The molecule has 0 aliphatic heterocycles. The Labute approximate surface area is 293 Å². The zero-order valence-corrected chi connectivity index (χ0v) is 27.6. The molecule has 0 atom stereocenters. The third-order valence-corrected chi connectivity index (χ3v) is 10.5. The zero-order valence-electron chi connectivity index (χ0n) is 27.6. The molecule has 0 fully saturated rings. The lowest BCUT2D eigenvalue weighted by molar-refractivity contribution is 1.17. The Morgan fingerprint density at radius 1 is 0.373 bits per heavy atom. The van der Waals surface area contributed by atoms with Gasteiger partial charge in [-0.3, -0.25) is 0 Å². The minimum absolute atomic E-state index is 0.711. The van der Waals surface area contributed by atoms with E-state index in [1.54, 1.807) is 0 Å². The second kappa shape index (κ2) is 10.8. The molecule has 3 nitrogen and oxygen atoms in total. The first-order chi connectivity index (χ1) is 25.3. The van der Waals surface area contributed by atoms with Crippen LogP contribution in [0.3, 0.4) is 0 Å². The van der Waals surface area contributed by atoms with Gasteiger partial charge in [-0.1, -0.05) is 152 Å². The molecule has 11 aromatic rings. The lowest BCUT2D eigenvalue weighted by Gasteiger charge is -2.16. The quantitative estimate of drug-likeness (QED) is 0.179. The zero-order chi connectivity index (χ0) is 33.5. The highest BCUT2D eigenvalue weighted by Crippen LogP contribution is 2.45. The fourth-order valence-electron chi connectivity index (χ4n) is 8.33. The third-order valence-electron chi connectivity index (χ3n) is 10.5. The van der Waals surface area contributed by atoms with Crippen LogP contribution in [0, 0.1) is 0 Å². The Morgan fingerprint density at radius 2 is 1.02 bits per heavy atom. The van der Waals surface area contributed by atoms with E-state index in [2.05, 4.69) is 168 Å². The third kappa shape index (κ3) is 4.12. The van der Waals surface area contributed by atoms with Gasteiger partial charge in [0.2, 0.25) is 0 Å². The molecule has 0 aliphatic carbocycles. The highest BCUT2D eigenvalue weighted by atomic mass is 15.0. The van der Waals surface area contributed by atoms with Crippen molar-refractivity contribution < 1.29 is 0 Å². The number of aromatic nitrogens is 3. The molecule has 0 aliphatic rings. The Balaban J connectivity index is 1.25. The minimum atomic E-state index is 0.711. The van der Waals surface area contributed by atoms with Gasteiger partial charge >= 0.3 is 0 Å². The largest absolute Gasteiger partial charge is 0.309 e. The second-order valence-electron chi connectivity index (χ2n) is 13.3. The van der Waals surface area contributed by atoms with Gasteiger partial charge in [-0.25, -0.2) is 9.97 Å². The van der Waals surface area contributed by atoms with Crippen LogP contribution in [0.15, 0.2) is 176 Å². The maximum atomic E-state index is 5.22. The average molecular weight is 648 g/mol. The molecule has 0 radical (unpaired) electrons. The van der Waals surface area contributed by atoms with Crippen LogP contribution in [0.4, 0.5) is 0 Å². The highest BCUT2D eigenvalue weighted by Gasteiger charge is 2.20. The van der Waals surface area contributed by atoms with Gasteiger partial charge in [0.05, 0.1) is 22.2 Å². The molecule has 51 heavy (non-hydrogen) atoms. The molecule has 11 rings (SSSR count). The van der Waals surface area contributed by atoms with Gasteiger partial charge in [0.1, 0.15) is 0 Å². The number of hydrogen-bond donors (Lipinski definition) is 0. The smallest absolute Gasteiger partial charge is 0.160 e. The topological polar surface area (TPSA) is 30.7 Å². The van der Waals surface area contributed by atoms with Crippen molar-refractivity contribution in [3.05, 3.63) is 176 Å². The number of nitrogens with zero attached hydrogens (tertiary/aromatic N) is 3. The van der Waals surface area contributed by atoms with Crippen molar-refractivity contribution >= 4 is 75.8 Å². The molecule has 0 spiro atoms. The summed E-state index contributed by atoms with van der Waals surface area (Å²) in [6, 6.07) is 63.1. The van der Waals surface area contributed by atoms with E-state index >= 15 is 0 Å². The second-order valence-corrected chi connectivity index (χ2v) is 13.3. The first-order valence-corrected chi connectivity index (χ1v) is 17.4. The summed E-state index contributed by atoms with van der Waals surface area (Å²) in [7, 11) is 0. The van der Waals surface area contributed by atoms with Crippen LogP contribution in [0.5, 0.6) is 0 Å². The molecule has 3 heteroatoms. The summed E-state index contributed by atoms with van der Waals surface area (Å²) in [5.41, 5.74) is 7.38. The molecule has 0 saturated carbocycles. The van der Waals surface area contributed by atoms with Crippen molar-refractivity contribution in [1.82, 2.24) is 14.5 Å². The lowest BCUT2D eigenvalue weighted by Crippen LogP contribution is -1.98. The van der Waals surface area contributed by atoms with Crippen molar-refractivity contribution in [3.8, 4) is 28.3 Å². The average Bonchev–Trinajstić information content (AvgIpc) is 3.55. The monoisotopic (exact) mass is 647 g/mol. The molecule has 2 heterocycles. The van der Waals surface area contributed by atoms with Crippen LogP contribution in [0.1, 0.15) is 0 Å². The Bertz CT molecular complexity index is 3190. The van der Waals surface area contributed by atoms with E-state index in [4.69, 9.17) is 9.97 Å². The summed E-state index contributed by atoms with van der Waals surface area (Å²) in [5, 5.41) is 13.7. The van der Waals surface area contributed by atoms with E-state index in [9.17, 15) is 0 Å². The fraction of sp³-hybridized carbons (Fsp3) is 0. The molecule has 0 saturated heterocycles. The number of benzene rings is 9. The Hall–Kier alpha value is -6.84. The van der Waals surface area contributed by atoms with Crippen LogP contribution in [0.25, 0.3) is 104 Å². The normalized spacial score (nSPS) is 11.9. The maximum absolute atomic E-state index is 5.22. The fourth-order valence-corrected chi connectivity index (χ4v) is 8.33. The minimum Gasteiger partial charge on any atom is -0.309 e. The van der Waals surface area contributed by atoms with Gasteiger partial charge in [-0.15, -0.1) is 0 Å². The summed E-state index contributed by atoms with van der Waals surface area (Å²) >= 11 is 0. The Kier molecular flexibility index (Phi) is 5.96. The molecule has 9 aromatic carbocycles. The first-order valence-electron chi connectivity index (χ1n) is 17.4. The van der Waals surface area contributed by atoms with E-state index in [0.29, 0.717) is 5.82 Å². The number of hydrogen-bond acceptors (Lipinski definition) is 2. The summed E-state index contributed by atoms with van der Waals surface area (Å²) in [6.07, 6.45) is 0. The van der Waals surface area contributed by atoms with Gasteiger partial charge in [0.25, 0.3) is 0 Å². The molecule has 2 aromatic heterocycles.